The second-order valence-electron chi connectivity index (χ2n) is 4.05. The molecule has 0 saturated heterocycles. The summed E-state index contributed by atoms with van der Waals surface area (Å²) in [5.41, 5.74) is -0.0531. The second-order valence-corrected chi connectivity index (χ2v) is 4.05. The summed E-state index contributed by atoms with van der Waals surface area (Å²) in [7, 11) is 0. The third kappa shape index (κ3) is 6.62. The van der Waals surface area contributed by atoms with E-state index in [0.717, 1.165) is 0 Å². The Balaban J connectivity index is 3.80. The topological polar surface area (TPSA) is 44.8 Å². The number of carbonyl (C=O) groups excluding carboxylic acids is 1. The highest BCUT2D eigenvalue weighted by Gasteiger charge is 2.17. The van der Waals surface area contributed by atoms with Crippen LogP contribution in [-0.2, 0) is 19.3 Å². The predicted molar refractivity (Wildman–Crippen MR) is 52.3 cm³/mol. The smallest absolute Gasteiger partial charge is 0.343 e. The van der Waals surface area contributed by atoms with Gasteiger partial charge in [-0.15, -0.1) is 0 Å². The lowest BCUT2D eigenvalue weighted by Gasteiger charge is -2.23. The average Bonchev–Trinajstić information content (AvgIpc) is 1.96. The van der Waals surface area contributed by atoms with E-state index in [1.54, 1.807) is 13.8 Å². The van der Waals surface area contributed by atoms with Crippen molar-refractivity contribution in [2.75, 3.05) is 0 Å². The van der Waals surface area contributed by atoms with Crippen molar-refractivity contribution in [3.05, 3.63) is 12.2 Å². The van der Waals surface area contributed by atoms with Crippen molar-refractivity contribution in [3.8, 4) is 0 Å². The molecule has 0 aliphatic rings. The number of hydrogen-bond donors (Lipinski definition) is 0. The highest BCUT2D eigenvalue weighted by Crippen LogP contribution is 2.11. The van der Waals surface area contributed by atoms with Gasteiger partial charge in [-0.2, -0.15) is 4.89 Å². The second kappa shape index (κ2) is 5.12. The number of hydrogen-bond acceptors (Lipinski definition) is 4. The van der Waals surface area contributed by atoms with E-state index in [4.69, 9.17) is 9.62 Å². The van der Waals surface area contributed by atoms with Crippen LogP contribution in [0.5, 0.6) is 0 Å². The molecular weight excluding hydrogens is 184 g/mol. The van der Waals surface area contributed by atoms with E-state index in [-0.39, 0.29) is 11.2 Å². The SMILES string of the molecule is C=C(C)C(=O)OOC(C)OC(C)(C)C. The van der Waals surface area contributed by atoms with Gasteiger partial charge in [0.2, 0.25) is 6.29 Å². The van der Waals surface area contributed by atoms with Crippen LogP contribution in [0.15, 0.2) is 12.2 Å². The number of rotatable bonds is 4. The Labute approximate surface area is 84.8 Å². The molecule has 4 heteroatoms. The number of ether oxygens (including phenoxy) is 1. The molecule has 14 heavy (non-hydrogen) atoms. The molecule has 0 amide bonds. The summed E-state index contributed by atoms with van der Waals surface area (Å²) in [5, 5.41) is 0. The van der Waals surface area contributed by atoms with Gasteiger partial charge in [0.25, 0.3) is 0 Å². The minimum Gasteiger partial charge on any atom is -0.343 e. The third-order valence-corrected chi connectivity index (χ3v) is 1.13. The lowest BCUT2D eigenvalue weighted by Crippen LogP contribution is -2.28. The summed E-state index contributed by atoms with van der Waals surface area (Å²) in [5.74, 6) is -0.589. The fourth-order valence-electron chi connectivity index (χ4n) is 0.700. The summed E-state index contributed by atoms with van der Waals surface area (Å²) in [6.45, 7) is 12.3. The van der Waals surface area contributed by atoms with Crippen LogP contribution in [0.25, 0.3) is 0 Å². The minimum atomic E-state index is -0.599. The summed E-state index contributed by atoms with van der Waals surface area (Å²) in [6, 6.07) is 0. The van der Waals surface area contributed by atoms with Gasteiger partial charge in [-0.1, -0.05) is 6.58 Å². The molecular formula is C10H18O4. The standard InChI is InChI=1S/C10H18O4/c1-7(2)9(11)14-13-8(3)12-10(4,5)6/h8H,1H2,2-6H3. The van der Waals surface area contributed by atoms with E-state index < -0.39 is 12.3 Å². The van der Waals surface area contributed by atoms with Gasteiger partial charge in [-0.05, 0) is 34.6 Å². The maximum atomic E-state index is 10.9. The Morgan fingerprint density at radius 2 is 1.86 bits per heavy atom. The van der Waals surface area contributed by atoms with E-state index in [2.05, 4.69) is 11.5 Å². The molecule has 0 spiro atoms. The average molecular weight is 202 g/mol. The van der Waals surface area contributed by atoms with Crippen LogP contribution in [0.2, 0.25) is 0 Å². The Kier molecular flexibility index (Phi) is 4.80. The number of carbonyl (C=O) groups is 1. The highest BCUT2D eigenvalue weighted by molar-refractivity contribution is 5.86. The molecule has 82 valence electrons. The normalized spacial score (nSPS) is 13.5. The first-order valence-corrected chi connectivity index (χ1v) is 4.43. The summed E-state index contributed by atoms with van der Waals surface area (Å²) < 4.78 is 5.34. The van der Waals surface area contributed by atoms with Gasteiger partial charge in [0.05, 0.1) is 5.60 Å². The molecule has 0 aromatic rings. The fraction of sp³-hybridized carbons (Fsp3) is 0.700. The Bertz CT molecular complexity index is 215. The van der Waals surface area contributed by atoms with Crippen LogP contribution >= 0.6 is 0 Å². The molecule has 0 bridgehead atoms. The van der Waals surface area contributed by atoms with E-state index >= 15 is 0 Å². The van der Waals surface area contributed by atoms with Crippen LogP contribution in [0.1, 0.15) is 34.6 Å². The van der Waals surface area contributed by atoms with Crippen molar-refractivity contribution in [2.24, 2.45) is 0 Å². The maximum absolute atomic E-state index is 10.9. The van der Waals surface area contributed by atoms with Crippen LogP contribution in [0.4, 0.5) is 0 Å². The molecule has 0 fully saturated rings. The Morgan fingerprint density at radius 1 is 1.36 bits per heavy atom. The molecule has 0 saturated carbocycles. The van der Waals surface area contributed by atoms with Crippen LogP contribution in [0, 0.1) is 0 Å². The molecule has 0 aliphatic heterocycles. The molecule has 1 atom stereocenters. The van der Waals surface area contributed by atoms with Crippen LogP contribution < -0.4 is 0 Å². The van der Waals surface area contributed by atoms with Gasteiger partial charge in [-0.3, -0.25) is 4.89 Å². The van der Waals surface area contributed by atoms with Crippen molar-refractivity contribution < 1.29 is 19.3 Å². The zero-order valence-corrected chi connectivity index (χ0v) is 9.42. The minimum absolute atomic E-state index is 0.285. The molecule has 0 aliphatic carbocycles. The molecule has 4 nitrogen and oxygen atoms in total. The Hall–Kier alpha value is -0.870. The Morgan fingerprint density at radius 3 is 2.21 bits per heavy atom. The van der Waals surface area contributed by atoms with Crippen LogP contribution in [0.3, 0.4) is 0 Å². The summed E-state index contributed by atoms with van der Waals surface area (Å²) in [6.07, 6.45) is -0.599. The fourth-order valence-corrected chi connectivity index (χ4v) is 0.700. The van der Waals surface area contributed by atoms with Gasteiger partial charge in [0.1, 0.15) is 0 Å². The van der Waals surface area contributed by atoms with Crippen molar-refractivity contribution in [1.82, 2.24) is 0 Å². The zero-order valence-electron chi connectivity index (χ0n) is 9.42. The van der Waals surface area contributed by atoms with Gasteiger partial charge < -0.3 is 4.74 Å². The van der Waals surface area contributed by atoms with Crippen molar-refractivity contribution in [3.63, 3.8) is 0 Å². The monoisotopic (exact) mass is 202 g/mol. The quantitative estimate of drug-likeness (QED) is 0.303. The first-order valence-electron chi connectivity index (χ1n) is 4.43. The first-order chi connectivity index (χ1) is 6.22. The molecule has 0 rings (SSSR count). The van der Waals surface area contributed by atoms with E-state index in [1.165, 1.54) is 0 Å². The van der Waals surface area contributed by atoms with Crippen molar-refractivity contribution in [1.29, 1.82) is 0 Å². The molecule has 0 heterocycles. The summed E-state index contributed by atoms with van der Waals surface area (Å²) in [4.78, 5) is 20.1. The molecule has 1 unspecified atom stereocenters. The lowest BCUT2D eigenvalue weighted by atomic mass is 10.2. The lowest BCUT2D eigenvalue weighted by molar-refractivity contribution is -0.358. The molecule has 0 radical (unpaired) electrons. The maximum Gasteiger partial charge on any atom is 0.368 e. The van der Waals surface area contributed by atoms with E-state index in [0.29, 0.717) is 0 Å². The van der Waals surface area contributed by atoms with Gasteiger partial charge >= 0.3 is 5.97 Å². The van der Waals surface area contributed by atoms with Crippen LogP contribution in [-0.4, -0.2) is 17.9 Å². The van der Waals surface area contributed by atoms with Crippen molar-refractivity contribution in [2.45, 2.75) is 46.5 Å². The molecule has 0 aromatic heterocycles. The highest BCUT2D eigenvalue weighted by atomic mass is 17.2. The predicted octanol–water partition coefficient (Wildman–Crippen LogP) is 2.20. The molecule has 0 aromatic carbocycles. The summed E-state index contributed by atoms with van der Waals surface area (Å²) >= 11 is 0. The van der Waals surface area contributed by atoms with Gasteiger partial charge in [-0.25, -0.2) is 4.79 Å². The third-order valence-electron chi connectivity index (χ3n) is 1.13. The first kappa shape index (κ1) is 13.1. The van der Waals surface area contributed by atoms with Crippen molar-refractivity contribution >= 4 is 5.97 Å². The van der Waals surface area contributed by atoms with Gasteiger partial charge in [0.15, 0.2) is 0 Å². The van der Waals surface area contributed by atoms with E-state index in [9.17, 15) is 4.79 Å². The van der Waals surface area contributed by atoms with E-state index in [1.807, 2.05) is 20.8 Å². The molecule has 0 N–H and O–H groups in total. The zero-order chi connectivity index (χ0) is 11.4. The van der Waals surface area contributed by atoms with Gasteiger partial charge in [0, 0.05) is 5.57 Å². The largest absolute Gasteiger partial charge is 0.368 e.